The summed E-state index contributed by atoms with van der Waals surface area (Å²) in [6, 6.07) is 15.0. The van der Waals surface area contributed by atoms with Crippen LogP contribution in [0.1, 0.15) is 23.1 Å². The fourth-order valence-electron chi connectivity index (χ4n) is 3.45. The quantitative estimate of drug-likeness (QED) is 0.826. The van der Waals surface area contributed by atoms with Crippen LogP contribution in [0.2, 0.25) is 0 Å². The second-order valence-electron chi connectivity index (χ2n) is 6.59. The van der Waals surface area contributed by atoms with Gasteiger partial charge in [0.1, 0.15) is 5.75 Å². The molecule has 1 fully saturated rings. The van der Waals surface area contributed by atoms with Crippen molar-refractivity contribution in [1.29, 1.82) is 0 Å². The lowest BCUT2D eigenvalue weighted by molar-refractivity contribution is -0.0498. The molecule has 5 heteroatoms. The monoisotopic (exact) mass is 347 g/mol. The SMILES string of the molecule is OCc1cccc(C[C@@H]2CCN(Cc3ccc(OC(F)F)cc3)C2)c1. The second kappa shape index (κ2) is 8.41. The Bertz CT molecular complexity index is 676. The van der Waals surface area contributed by atoms with E-state index in [1.807, 2.05) is 24.3 Å². The number of rotatable bonds is 7. The molecule has 1 N–H and O–H groups in total. The summed E-state index contributed by atoms with van der Waals surface area (Å²) in [5, 5.41) is 9.24. The maximum atomic E-state index is 12.2. The normalized spacial score (nSPS) is 18.0. The highest BCUT2D eigenvalue weighted by molar-refractivity contribution is 5.27. The van der Waals surface area contributed by atoms with Gasteiger partial charge in [0, 0.05) is 13.1 Å². The lowest BCUT2D eigenvalue weighted by atomic mass is 9.97. The van der Waals surface area contributed by atoms with E-state index in [-0.39, 0.29) is 12.4 Å². The summed E-state index contributed by atoms with van der Waals surface area (Å²) in [6.07, 6.45) is 2.17. The lowest BCUT2D eigenvalue weighted by Crippen LogP contribution is -2.20. The molecule has 1 saturated heterocycles. The van der Waals surface area contributed by atoms with Crippen LogP contribution in [0.4, 0.5) is 8.78 Å². The van der Waals surface area contributed by atoms with Crippen LogP contribution in [-0.2, 0) is 19.6 Å². The highest BCUT2D eigenvalue weighted by Gasteiger charge is 2.22. The first kappa shape index (κ1) is 17.8. The molecule has 2 aromatic carbocycles. The molecule has 0 spiro atoms. The van der Waals surface area contributed by atoms with Gasteiger partial charge >= 0.3 is 6.61 Å². The third kappa shape index (κ3) is 5.25. The van der Waals surface area contributed by atoms with E-state index in [1.165, 1.54) is 5.56 Å². The summed E-state index contributed by atoms with van der Waals surface area (Å²) in [7, 11) is 0. The zero-order valence-corrected chi connectivity index (χ0v) is 14.1. The van der Waals surface area contributed by atoms with Crippen molar-refractivity contribution >= 4 is 0 Å². The Labute approximate surface area is 146 Å². The van der Waals surface area contributed by atoms with Crippen molar-refractivity contribution in [3.8, 4) is 5.75 Å². The summed E-state index contributed by atoms with van der Waals surface area (Å²) >= 11 is 0. The molecule has 0 radical (unpaired) electrons. The van der Waals surface area contributed by atoms with Crippen molar-refractivity contribution in [3.63, 3.8) is 0 Å². The second-order valence-corrected chi connectivity index (χ2v) is 6.59. The molecule has 0 saturated carbocycles. The Hall–Kier alpha value is -1.98. The van der Waals surface area contributed by atoms with E-state index in [2.05, 4.69) is 21.8 Å². The average Bonchev–Trinajstić information content (AvgIpc) is 3.03. The molecule has 134 valence electrons. The number of aliphatic hydroxyl groups is 1. The van der Waals surface area contributed by atoms with Crippen LogP contribution in [0.15, 0.2) is 48.5 Å². The van der Waals surface area contributed by atoms with Gasteiger partial charge in [0.25, 0.3) is 0 Å². The minimum absolute atomic E-state index is 0.0793. The summed E-state index contributed by atoms with van der Waals surface area (Å²) in [5.41, 5.74) is 3.33. The summed E-state index contributed by atoms with van der Waals surface area (Å²) < 4.78 is 28.7. The molecule has 25 heavy (non-hydrogen) atoms. The van der Waals surface area contributed by atoms with Gasteiger partial charge in [-0.3, -0.25) is 4.90 Å². The van der Waals surface area contributed by atoms with Gasteiger partial charge in [0.05, 0.1) is 6.61 Å². The van der Waals surface area contributed by atoms with Gasteiger partial charge in [0.15, 0.2) is 0 Å². The molecular formula is C20H23F2NO2. The van der Waals surface area contributed by atoms with Crippen LogP contribution in [0.5, 0.6) is 5.75 Å². The smallest absolute Gasteiger partial charge is 0.387 e. The first-order chi connectivity index (χ1) is 12.1. The minimum atomic E-state index is -2.78. The van der Waals surface area contributed by atoms with Crippen LogP contribution in [0, 0.1) is 5.92 Å². The molecule has 0 amide bonds. The first-order valence-electron chi connectivity index (χ1n) is 8.57. The maximum Gasteiger partial charge on any atom is 0.387 e. The van der Waals surface area contributed by atoms with Gasteiger partial charge in [-0.25, -0.2) is 0 Å². The van der Waals surface area contributed by atoms with Gasteiger partial charge in [-0.05, 0) is 54.1 Å². The third-order valence-corrected chi connectivity index (χ3v) is 4.62. The van der Waals surface area contributed by atoms with Crippen molar-refractivity contribution in [2.24, 2.45) is 5.92 Å². The predicted molar refractivity (Wildman–Crippen MR) is 92.5 cm³/mol. The van der Waals surface area contributed by atoms with E-state index in [0.29, 0.717) is 5.92 Å². The Morgan fingerprint density at radius 3 is 2.56 bits per heavy atom. The van der Waals surface area contributed by atoms with E-state index >= 15 is 0 Å². The Kier molecular flexibility index (Phi) is 6.00. The van der Waals surface area contributed by atoms with Gasteiger partial charge in [-0.15, -0.1) is 0 Å². The number of aliphatic hydroxyl groups excluding tert-OH is 1. The lowest BCUT2D eigenvalue weighted by Gasteiger charge is -2.16. The number of nitrogens with zero attached hydrogens (tertiary/aromatic N) is 1. The van der Waals surface area contributed by atoms with Crippen molar-refractivity contribution in [2.45, 2.75) is 32.6 Å². The van der Waals surface area contributed by atoms with Crippen molar-refractivity contribution in [2.75, 3.05) is 13.1 Å². The summed E-state index contributed by atoms with van der Waals surface area (Å²) in [5.74, 6) is 0.803. The standard InChI is InChI=1S/C20H23F2NO2/c21-20(22)25-19-6-4-15(5-7-19)12-23-9-8-17(13-23)10-16-2-1-3-18(11-16)14-24/h1-7,11,17,20,24H,8-10,12-14H2/t17-/m0/s1. The van der Waals surface area contributed by atoms with Crippen LogP contribution in [-0.4, -0.2) is 29.7 Å². The van der Waals surface area contributed by atoms with Crippen LogP contribution in [0.3, 0.4) is 0 Å². The number of benzene rings is 2. The first-order valence-corrected chi connectivity index (χ1v) is 8.57. The van der Waals surface area contributed by atoms with Crippen LogP contribution in [0.25, 0.3) is 0 Å². The minimum Gasteiger partial charge on any atom is -0.435 e. The van der Waals surface area contributed by atoms with Gasteiger partial charge < -0.3 is 9.84 Å². The molecule has 3 nitrogen and oxygen atoms in total. The summed E-state index contributed by atoms with van der Waals surface area (Å²) in [6.45, 7) is 0.186. The van der Waals surface area contributed by atoms with Crippen LogP contribution < -0.4 is 4.74 Å². The maximum absolute atomic E-state index is 12.2. The fourth-order valence-corrected chi connectivity index (χ4v) is 3.45. The number of ether oxygens (including phenoxy) is 1. The van der Waals surface area contributed by atoms with Crippen LogP contribution >= 0.6 is 0 Å². The zero-order valence-electron chi connectivity index (χ0n) is 14.1. The van der Waals surface area contributed by atoms with E-state index < -0.39 is 6.61 Å². The topological polar surface area (TPSA) is 32.7 Å². The van der Waals surface area contributed by atoms with Crippen molar-refractivity contribution in [3.05, 3.63) is 65.2 Å². The molecule has 1 aliphatic rings. The molecule has 1 heterocycles. The van der Waals surface area contributed by atoms with Crippen molar-refractivity contribution < 1.29 is 18.6 Å². The fraction of sp³-hybridized carbons (Fsp3) is 0.400. The molecule has 0 aliphatic carbocycles. The molecule has 0 unspecified atom stereocenters. The van der Waals surface area contributed by atoms with Gasteiger partial charge in [-0.1, -0.05) is 36.4 Å². The number of alkyl halides is 2. The number of hydrogen-bond donors (Lipinski definition) is 1. The molecule has 0 bridgehead atoms. The Morgan fingerprint density at radius 2 is 1.84 bits per heavy atom. The third-order valence-electron chi connectivity index (χ3n) is 4.62. The number of likely N-dealkylation sites (tertiary alicyclic amines) is 1. The zero-order chi connectivity index (χ0) is 17.6. The Morgan fingerprint density at radius 1 is 1.08 bits per heavy atom. The van der Waals surface area contributed by atoms with E-state index in [9.17, 15) is 13.9 Å². The summed E-state index contributed by atoms with van der Waals surface area (Å²) in [4.78, 5) is 2.39. The number of halogens is 2. The average molecular weight is 347 g/mol. The molecule has 1 atom stereocenters. The highest BCUT2D eigenvalue weighted by Crippen LogP contribution is 2.24. The van der Waals surface area contributed by atoms with E-state index in [4.69, 9.17) is 0 Å². The van der Waals surface area contributed by atoms with Gasteiger partial charge in [0.2, 0.25) is 0 Å². The van der Waals surface area contributed by atoms with E-state index in [1.54, 1.807) is 12.1 Å². The molecule has 2 aromatic rings. The van der Waals surface area contributed by atoms with E-state index in [0.717, 1.165) is 43.6 Å². The molecular weight excluding hydrogens is 324 g/mol. The Balaban J connectivity index is 1.50. The molecule has 0 aromatic heterocycles. The predicted octanol–water partition coefficient (Wildman–Crippen LogP) is 3.84. The van der Waals surface area contributed by atoms with Crippen molar-refractivity contribution in [1.82, 2.24) is 4.90 Å². The largest absolute Gasteiger partial charge is 0.435 e. The molecule has 1 aliphatic heterocycles. The number of hydrogen-bond acceptors (Lipinski definition) is 3. The van der Waals surface area contributed by atoms with Gasteiger partial charge in [-0.2, -0.15) is 8.78 Å². The highest BCUT2D eigenvalue weighted by atomic mass is 19.3. The molecule has 3 rings (SSSR count).